The average Bonchev–Trinajstić information content (AvgIpc) is 2.31. The lowest BCUT2D eigenvalue weighted by molar-refractivity contribution is 0.229. The number of hydrogen-bond acceptors (Lipinski definition) is 2. The van der Waals surface area contributed by atoms with Gasteiger partial charge >= 0.3 is 0 Å². The summed E-state index contributed by atoms with van der Waals surface area (Å²) in [6.07, 6.45) is 10.0. The number of nitrogens with zero attached hydrogens (tertiary/aromatic N) is 1. The maximum Gasteiger partial charge on any atom is 0.0193 e. The Kier molecular flexibility index (Phi) is 5.95. The molecule has 0 bridgehead atoms. The third-order valence-corrected chi connectivity index (χ3v) is 3.06. The second kappa shape index (κ2) is 7.25. The number of piperidine rings is 1. The first-order valence-corrected chi connectivity index (χ1v) is 6.26. The third kappa shape index (κ3) is 5.16. The molecule has 2 heteroatoms. The highest BCUT2D eigenvalue weighted by molar-refractivity contribution is 5.34. The van der Waals surface area contributed by atoms with Crippen molar-refractivity contribution in [2.75, 3.05) is 19.6 Å². The van der Waals surface area contributed by atoms with Crippen LogP contribution in [0.15, 0.2) is 48.6 Å². The number of rotatable bonds is 5. The van der Waals surface area contributed by atoms with Crippen LogP contribution in [0.1, 0.15) is 19.8 Å². The molecule has 0 unspecified atom stereocenters. The summed E-state index contributed by atoms with van der Waals surface area (Å²) in [5, 5.41) is 0. The lowest BCUT2D eigenvalue weighted by Gasteiger charge is -2.30. The van der Waals surface area contributed by atoms with Crippen LogP contribution in [-0.4, -0.2) is 30.6 Å². The van der Waals surface area contributed by atoms with Gasteiger partial charge in [0.1, 0.15) is 0 Å². The van der Waals surface area contributed by atoms with Crippen molar-refractivity contribution in [3.8, 4) is 0 Å². The molecule has 0 saturated carbocycles. The largest absolute Gasteiger partial charge is 0.328 e. The second-order valence-corrected chi connectivity index (χ2v) is 4.71. The average molecular weight is 232 g/mol. The number of likely N-dealkylation sites (tertiary alicyclic amines) is 1. The van der Waals surface area contributed by atoms with E-state index in [1.165, 1.54) is 5.57 Å². The summed E-state index contributed by atoms with van der Waals surface area (Å²) in [6, 6.07) is 0.403. The van der Waals surface area contributed by atoms with Gasteiger partial charge in [-0.2, -0.15) is 0 Å². The van der Waals surface area contributed by atoms with Crippen LogP contribution >= 0.6 is 0 Å². The van der Waals surface area contributed by atoms with Crippen LogP contribution in [0.2, 0.25) is 0 Å². The van der Waals surface area contributed by atoms with E-state index in [9.17, 15) is 0 Å². The zero-order chi connectivity index (χ0) is 12.7. The molecule has 0 aromatic heterocycles. The van der Waals surface area contributed by atoms with Gasteiger partial charge < -0.3 is 5.73 Å². The van der Waals surface area contributed by atoms with E-state index in [1.54, 1.807) is 6.08 Å². The summed E-state index contributed by atoms with van der Waals surface area (Å²) < 4.78 is 0. The minimum Gasteiger partial charge on any atom is -0.328 e. The fourth-order valence-corrected chi connectivity index (χ4v) is 2.11. The van der Waals surface area contributed by atoms with Gasteiger partial charge in [0.25, 0.3) is 0 Å². The topological polar surface area (TPSA) is 29.3 Å². The molecule has 0 aliphatic carbocycles. The zero-order valence-corrected chi connectivity index (χ0v) is 10.9. The van der Waals surface area contributed by atoms with E-state index in [-0.39, 0.29) is 0 Å². The van der Waals surface area contributed by atoms with Gasteiger partial charge in [-0.3, -0.25) is 4.90 Å². The third-order valence-electron chi connectivity index (χ3n) is 3.06. The van der Waals surface area contributed by atoms with Crippen LogP contribution in [0.5, 0.6) is 0 Å². The van der Waals surface area contributed by atoms with Crippen LogP contribution < -0.4 is 5.73 Å². The SMILES string of the molecule is C=C/C=C(C=C)/C=C(\C)CN1CCC(N)CC1. The Balaban J connectivity index is 2.50. The number of allylic oxidation sites excluding steroid dienone is 5. The van der Waals surface area contributed by atoms with E-state index >= 15 is 0 Å². The van der Waals surface area contributed by atoms with Crippen molar-refractivity contribution in [1.82, 2.24) is 4.90 Å². The molecule has 1 rings (SSSR count). The fraction of sp³-hybridized carbons (Fsp3) is 0.467. The Morgan fingerprint density at radius 1 is 1.35 bits per heavy atom. The first-order chi connectivity index (χ1) is 8.15. The molecule has 1 saturated heterocycles. The fourth-order valence-electron chi connectivity index (χ4n) is 2.11. The molecule has 2 nitrogen and oxygen atoms in total. The highest BCUT2D eigenvalue weighted by atomic mass is 15.1. The summed E-state index contributed by atoms with van der Waals surface area (Å²) in [4.78, 5) is 2.46. The highest BCUT2D eigenvalue weighted by Gasteiger charge is 2.15. The molecule has 1 fully saturated rings. The van der Waals surface area contributed by atoms with Crippen LogP contribution in [0, 0.1) is 0 Å². The first kappa shape index (κ1) is 13.9. The summed E-state index contributed by atoms with van der Waals surface area (Å²) in [5.74, 6) is 0. The summed E-state index contributed by atoms with van der Waals surface area (Å²) in [6.45, 7) is 12.9. The van der Waals surface area contributed by atoms with Gasteiger partial charge in [-0.05, 0) is 38.4 Å². The van der Waals surface area contributed by atoms with Crippen molar-refractivity contribution in [3.05, 3.63) is 48.6 Å². The van der Waals surface area contributed by atoms with Gasteiger partial charge in [-0.1, -0.05) is 43.0 Å². The van der Waals surface area contributed by atoms with Crippen molar-refractivity contribution in [3.63, 3.8) is 0 Å². The molecule has 0 aromatic rings. The van der Waals surface area contributed by atoms with E-state index in [2.05, 4.69) is 31.1 Å². The Hall–Kier alpha value is -1.12. The van der Waals surface area contributed by atoms with Crippen molar-refractivity contribution in [1.29, 1.82) is 0 Å². The molecule has 0 aromatic carbocycles. The van der Waals surface area contributed by atoms with Crippen molar-refractivity contribution in [2.24, 2.45) is 5.73 Å². The number of nitrogens with two attached hydrogens (primary N) is 1. The lowest BCUT2D eigenvalue weighted by Crippen LogP contribution is -2.40. The first-order valence-electron chi connectivity index (χ1n) is 6.26. The second-order valence-electron chi connectivity index (χ2n) is 4.71. The van der Waals surface area contributed by atoms with Crippen LogP contribution in [0.25, 0.3) is 0 Å². The van der Waals surface area contributed by atoms with Crippen molar-refractivity contribution < 1.29 is 0 Å². The number of hydrogen-bond donors (Lipinski definition) is 1. The van der Waals surface area contributed by atoms with Gasteiger partial charge in [0.2, 0.25) is 0 Å². The Bertz CT molecular complexity index is 318. The molecule has 0 radical (unpaired) electrons. The van der Waals surface area contributed by atoms with Gasteiger partial charge in [-0.15, -0.1) is 0 Å². The molecular weight excluding hydrogens is 208 g/mol. The van der Waals surface area contributed by atoms with Gasteiger partial charge in [0.15, 0.2) is 0 Å². The maximum absolute atomic E-state index is 5.89. The van der Waals surface area contributed by atoms with E-state index in [0.717, 1.165) is 38.0 Å². The molecule has 0 amide bonds. The maximum atomic E-state index is 5.89. The normalized spacial score (nSPS) is 20.4. The summed E-state index contributed by atoms with van der Waals surface area (Å²) in [5.41, 5.74) is 8.37. The molecule has 94 valence electrons. The Labute approximate surface area is 105 Å². The Morgan fingerprint density at radius 2 is 2.00 bits per heavy atom. The lowest BCUT2D eigenvalue weighted by atomic mass is 10.0. The molecule has 1 aliphatic rings. The molecule has 1 aliphatic heterocycles. The van der Waals surface area contributed by atoms with Crippen LogP contribution in [0.4, 0.5) is 0 Å². The minimum atomic E-state index is 0.403. The Morgan fingerprint density at radius 3 is 2.53 bits per heavy atom. The van der Waals surface area contributed by atoms with E-state index in [1.807, 2.05) is 12.2 Å². The predicted octanol–water partition coefficient (Wildman–Crippen LogP) is 2.65. The van der Waals surface area contributed by atoms with Gasteiger partial charge in [0.05, 0.1) is 0 Å². The monoisotopic (exact) mass is 232 g/mol. The minimum absolute atomic E-state index is 0.403. The van der Waals surface area contributed by atoms with E-state index in [4.69, 9.17) is 5.73 Å². The molecular formula is C15H24N2. The van der Waals surface area contributed by atoms with Crippen LogP contribution in [-0.2, 0) is 0 Å². The highest BCUT2D eigenvalue weighted by Crippen LogP contribution is 2.11. The molecule has 1 heterocycles. The van der Waals surface area contributed by atoms with Crippen molar-refractivity contribution >= 4 is 0 Å². The molecule has 0 atom stereocenters. The quantitative estimate of drug-likeness (QED) is 0.738. The zero-order valence-electron chi connectivity index (χ0n) is 10.9. The van der Waals surface area contributed by atoms with Gasteiger partial charge in [-0.25, -0.2) is 0 Å². The van der Waals surface area contributed by atoms with E-state index < -0.39 is 0 Å². The van der Waals surface area contributed by atoms with Crippen LogP contribution in [0.3, 0.4) is 0 Å². The standard InChI is InChI=1S/C15H24N2/c1-4-6-14(5-2)11-13(3)12-17-9-7-15(16)8-10-17/h4-6,11,15H,1-2,7-10,12,16H2,3H3/b13-11+,14-6+. The predicted molar refractivity (Wildman–Crippen MR) is 75.9 cm³/mol. The molecule has 0 spiro atoms. The van der Waals surface area contributed by atoms with Crippen molar-refractivity contribution in [2.45, 2.75) is 25.8 Å². The summed E-state index contributed by atoms with van der Waals surface area (Å²) >= 11 is 0. The van der Waals surface area contributed by atoms with E-state index in [0.29, 0.717) is 6.04 Å². The van der Waals surface area contributed by atoms with Gasteiger partial charge in [0, 0.05) is 12.6 Å². The molecule has 2 N–H and O–H groups in total. The smallest absolute Gasteiger partial charge is 0.0193 e. The molecule has 17 heavy (non-hydrogen) atoms. The summed E-state index contributed by atoms with van der Waals surface area (Å²) in [7, 11) is 0.